The molecule has 2 heterocycles. The standard InChI is InChI=1S/C31H41F2N3S/c1-4-8-23-13-16-34-31(29(23)19-22(2)35-27-14-17-36(37-3)18-15-27)24-9-6-5-7-10-28-25(12-11-24)20-26(32)21-30(28)33/h4,8,13,16,19-21,24,27,35H,5-7,9-12,14-15,17-18H2,1-3H3/b8-4-,22-19+. The molecule has 0 amide bonds. The Balaban J connectivity index is 1.61. The van der Waals surface area contributed by atoms with Crippen molar-refractivity contribution in [3.63, 3.8) is 0 Å². The first kappa shape index (κ1) is 27.8. The highest BCUT2D eigenvalue weighted by Crippen LogP contribution is 2.34. The number of rotatable bonds is 6. The van der Waals surface area contributed by atoms with Gasteiger partial charge in [-0.05, 0) is 99.9 Å². The molecule has 1 aromatic carbocycles. The zero-order valence-electron chi connectivity index (χ0n) is 22.5. The van der Waals surface area contributed by atoms with Crippen LogP contribution in [-0.2, 0) is 12.8 Å². The molecule has 4 rings (SSSR count). The molecule has 0 saturated carbocycles. The van der Waals surface area contributed by atoms with Crippen molar-refractivity contribution in [1.82, 2.24) is 14.6 Å². The minimum Gasteiger partial charge on any atom is -0.386 e. The summed E-state index contributed by atoms with van der Waals surface area (Å²) >= 11 is 1.83. The van der Waals surface area contributed by atoms with Crippen LogP contribution in [0.25, 0.3) is 12.2 Å². The molecule has 2 aliphatic rings. The van der Waals surface area contributed by atoms with Crippen LogP contribution in [-0.4, -0.2) is 34.7 Å². The van der Waals surface area contributed by atoms with Crippen molar-refractivity contribution < 1.29 is 8.78 Å². The van der Waals surface area contributed by atoms with Crippen LogP contribution in [0.15, 0.2) is 36.2 Å². The van der Waals surface area contributed by atoms with Gasteiger partial charge < -0.3 is 5.32 Å². The number of hydrogen-bond donors (Lipinski definition) is 1. The smallest absolute Gasteiger partial charge is 0.129 e. The van der Waals surface area contributed by atoms with Crippen molar-refractivity contribution in [3.8, 4) is 0 Å². The predicted molar refractivity (Wildman–Crippen MR) is 153 cm³/mol. The molecule has 0 bridgehead atoms. The van der Waals surface area contributed by atoms with Crippen molar-refractivity contribution in [2.45, 2.75) is 83.6 Å². The SMILES string of the molecule is C/C=C\c1ccnc(C2CCCCCc3c(F)cc(F)cc3CC2)c1/C=C(\C)NC1CCN(SC)CC1. The van der Waals surface area contributed by atoms with Gasteiger partial charge in [0.1, 0.15) is 11.6 Å². The third-order valence-electron chi connectivity index (χ3n) is 7.79. The molecule has 37 heavy (non-hydrogen) atoms. The van der Waals surface area contributed by atoms with Crippen molar-refractivity contribution in [1.29, 1.82) is 0 Å². The van der Waals surface area contributed by atoms with E-state index in [0.29, 0.717) is 24.4 Å². The summed E-state index contributed by atoms with van der Waals surface area (Å²) in [6.45, 7) is 6.42. The Labute approximate surface area is 226 Å². The number of piperidine rings is 1. The molecular weight excluding hydrogens is 484 g/mol. The molecule has 1 unspecified atom stereocenters. The average molecular weight is 526 g/mol. The van der Waals surface area contributed by atoms with Gasteiger partial charge in [0, 0.05) is 48.6 Å². The van der Waals surface area contributed by atoms with E-state index in [-0.39, 0.29) is 5.92 Å². The number of benzene rings is 1. The van der Waals surface area contributed by atoms with E-state index in [1.165, 1.54) is 17.2 Å². The number of nitrogens with one attached hydrogen (secondary N) is 1. The van der Waals surface area contributed by atoms with Crippen LogP contribution in [0.4, 0.5) is 8.78 Å². The first-order valence-corrected chi connectivity index (χ1v) is 15.0. The Morgan fingerprint density at radius 3 is 2.65 bits per heavy atom. The first-order valence-electron chi connectivity index (χ1n) is 13.8. The van der Waals surface area contributed by atoms with Gasteiger partial charge in [-0.3, -0.25) is 9.29 Å². The van der Waals surface area contributed by atoms with Crippen molar-refractivity contribution in [3.05, 3.63) is 75.8 Å². The monoisotopic (exact) mass is 525 g/mol. The number of pyridine rings is 1. The van der Waals surface area contributed by atoms with Crippen LogP contribution in [0, 0.1) is 11.6 Å². The minimum absolute atomic E-state index is 0.242. The Kier molecular flexibility index (Phi) is 10.2. The molecule has 1 atom stereocenters. The van der Waals surface area contributed by atoms with Crippen LogP contribution in [0.2, 0.25) is 0 Å². The lowest BCUT2D eigenvalue weighted by molar-refractivity contribution is 0.322. The van der Waals surface area contributed by atoms with Gasteiger partial charge in [-0.1, -0.05) is 36.9 Å². The molecule has 0 radical (unpaired) electrons. The summed E-state index contributed by atoms with van der Waals surface area (Å²) in [5.74, 6) is -0.632. The highest BCUT2D eigenvalue weighted by atomic mass is 32.2. The first-order chi connectivity index (χ1) is 18.0. The van der Waals surface area contributed by atoms with E-state index >= 15 is 0 Å². The number of hydrogen-bond acceptors (Lipinski definition) is 4. The zero-order chi connectivity index (χ0) is 26.2. The molecular formula is C31H41F2N3S. The Bertz CT molecular complexity index is 1110. The maximum absolute atomic E-state index is 14.6. The van der Waals surface area contributed by atoms with E-state index in [9.17, 15) is 8.78 Å². The van der Waals surface area contributed by atoms with E-state index in [4.69, 9.17) is 4.98 Å². The lowest BCUT2D eigenvalue weighted by atomic mass is 9.84. The molecule has 200 valence electrons. The molecule has 1 aliphatic carbocycles. The van der Waals surface area contributed by atoms with Crippen LogP contribution in [0.3, 0.4) is 0 Å². The minimum atomic E-state index is -0.480. The molecule has 0 spiro atoms. The van der Waals surface area contributed by atoms with Crippen molar-refractivity contribution in [2.75, 3.05) is 19.3 Å². The van der Waals surface area contributed by atoms with Crippen LogP contribution in [0.5, 0.6) is 0 Å². The molecule has 2 aromatic rings. The zero-order valence-corrected chi connectivity index (χ0v) is 23.3. The third kappa shape index (κ3) is 7.44. The fourth-order valence-corrected chi connectivity index (χ4v) is 6.43. The topological polar surface area (TPSA) is 28.2 Å². The Morgan fingerprint density at radius 2 is 1.89 bits per heavy atom. The molecule has 1 saturated heterocycles. The molecule has 3 nitrogen and oxygen atoms in total. The summed E-state index contributed by atoms with van der Waals surface area (Å²) in [5, 5.41) is 3.77. The molecule has 1 aromatic heterocycles. The maximum atomic E-state index is 14.6. The second kappa shape index (κ2) is 13.6. The lowest BCUT2D eigenvalue weighted by Crippen LogP contribution is -2.39. The van der Waals surface area contributed by atoms with Gasteiger partial charge in [0.25, 0.3) is 0 Å². The van der Waals surface area contributed by atoms with Gasteiger partial charge in [0.2, 0.25) is 0 Å². The van der Waals surface area contributed by atoms with Gasteiger partial charge in [-0.15, -0.1) is 0 Å². The van der Waals surface area contributed by atoms with Gasteiger partial charge in [0.15, 0.2) is 0 Å². The highest BCUT2D eigenvalue weighted by Gasteiger charge is 2.22. The van der Waals surface area contributed by atoms with Crippen molar-refractivity contribution in [2.24, 2.45) is 0 Å². The fraction of sp³-hybridized carbons (Fsp3) is 0.516. The van der Waals surface area contributed by atoms with E-state index in [0.717, 1.165) is 81.1 Å². The number of halogens is 2. The summed E-state index contributed by atoms with van der Waals surface area (Å²) < 4.78 is 31.1. The van der Waals surface area contributed by atoms with E-state index in [1.54, 1.807) is 0 Å². The predicted octanol–water partition coefficient (Wildman–Crippen LogP) is 7.92. The normalized spacial score (nSPS) is 20.7. The van der Waals surface area contributed by atoms with Crippen molar-refractivity contribution >= 4 is 24.1 Å². The summed E-state index contributed by atoms with van der Waals surface area (Å²) in [6.07, 6.45) is 19.1. The highest BCUT2D eigenvalue weighted by molar-refractivity contribution is 7.96. The number of aryl methyl sites for hydroxylation is 1. The number of fused-ring (bicyclic) bond motifs is 1. The fourth-order valence-electron chi connectivity index (χ4n) is 5.85. The maximum Gasteiger partial charge on any atom is 0.129 e. The average Bonchev–Trinajstić information content (AvgIpc) is 2.88. The van der Waals surface area contributed by atoms with E-state index < -0.39 is 11.6 Å². The Morgan fingerprint density at radius 1 is 1.08 bits per heavy atom. The molecule has 6 heteroatoms. The van der Waals surface area contributed by atoms with Gasteiger partial charge in [-0.2, -0.15) is 0 Å². The van der Waals surface area contributed by atoms with E-state index in [1.807, 2.05) is 25.1 Å². The van der Waals surface area contributed by atoms with Crippen LogP contribution < -0.4 is 5.32 Å². The number of aromatic nitrogens is 1. The number of allylic oxidation sites excluding steroid dienone is 2. The molecule has 1 aliphatic heterocycles. The largest absolute Gasteiger partial charge is 0.386 e. The van der Waals surface area contributed by atoms with E-state index in [2.05, 4.69) is 47.1 Å². The van der Waals surface area contributed by atoms with Gasteiger partial charge in [0.05, 0.1) is 5.69 Å². The van der Waals surface area contributed by atoms with Gasteiger partial charge in [-0.25, -0.2) is 8.78 Å². The second-order valence-corrected chi connectivity index (χ2v) is 11.3. The molecule has 1 N–H and O–H groups in total. The lowest BCUT2D eigenvalue weighted by Gasteiger charge is -2.31. The Hall–Kier alpha value is -2.18. The summed E-state index contributed by atoms with van der Waals surface area (Å²) in [5.41, 5.74) is 6.12. The van der Waals surface area contributed by atoms with Crippen LogP contribution >= 0.6 is 11.9 Å². The second-order valence-electron chi connectivity index (χ2n) is 10.4. The third-order valence-corrected chi connectivity index (χ3v) is 8.67. The quantitative estimate of drug-likeness (QED) is 0.388. The van der Waals surface area contributed by atoms with Gasteiger partial charge >= 0.3 is 0 Å². The number of nitrogens with zero attached hydrogens (tertiary/aromatic N) is 2. The summed E-state index contributed by atoms with van der Waals surface area (Å²) in [6, 6.07) is 5.14. The summed E-state index contributed by atoms with van der Waals surface area (Å²) in [4.78, 5) is 4.92. The van der Waals surface area contributed by atoms with Crippen LogP contribution in [0.1, 0.15) is 92.7 Å². The summed E-state index contributed by atoms with van der Waals surface area (Å²) in [7, 11) is 0. The molecule has 1 fully saturated rings.